The minimum Gasteiger partial charge on any atom is -0.349 e. The molecule has 2 heterocycles. The average Bonchev–Trinajstić information content (AvgIpc) is 3.09. The zero-order chi connectivity index (χ0) is 19.6. The van der Waals surface area contributed by atoms with E-state index < -0.39 is 15.9 Å². The number of carbonyl (C=O) groups excluding carboxylic acids is 1. The number of thiophene rings is 1. The molecule has 9 heteroatoms. The number of hydrogen-bond acceptors (Lipinski definition) is 4. The molecule has 0 saturated carbocycles. The highest BCUT2D eigenvalue weighted by molar-refractivity contribution is 9.11. The molecule has 1 amide bonds. The van der Waals surface area contributed by atoms with Crippen molar-refractivity contribution in [3.63, 3.8) is 0 Å². The van der Waals surface area contributed by atoms with Crippen LogP contribution in [0.1, 0.15) is 31.4 Å². The predicted octanol–water partition coefficient (Wildman–Crippen LogP) is 3.93. The second-order valence-corrected chi connectivity index (χ2v) is 11.2. The number of hydrogen-bond donors (Lipinski definition) is 1. The van der Waals surface area contributed by atoms with Crippen molar-refractivity contribution in [2.45, 2.75) is 30.0 Å². The minimum absolute atomic E-state index is 0.166. The van der Waals surface area contributed by atoms with Gasteiger partial charge in [0, 0.05) is 13.1 Å². The molecule has 2 unspecified atom stereocenters. The molecule has 3 rings (SSSR count). The largest absolute Gasteiger partial charge is 0.349 e. The number of rotatable bonds is 5. The van der Waals surface area contributed by atoms with Crippen LogP contribution < -0.4 is 5.32 Å². The maximum absolute atomic E-state index is 13.0. The summed E-state index contributed by atoms with van der Waals surface area (Å²) in [6.45, 7) is 2.40. The van der Waals surface area contributed by atoms with Gasteiger partial charge in [0.05, 0.1) is 15.7 Å². The second kappa shape index (κ2) is 8.38. The first-order valence-electron chi connectivity index (χ1n) is 8.58. The fourth-order valence-corrected chi connectivity index (χ4v) is 6.79. The van der Waals surface area contributed by atoms with Crippen LogP contribution in [0.2, 0.25) is 0 Å². The van der Waals surface area contributed by atoms with E-state index in [9.17, 15) is 17.6 Å². The molecule has 1 fully saturated rings. The highest BCUT2D eigenvalue weighted by Gasteiger charge is 2.34. The monoisotopic (exact) mass is 474 g/mol. The molecule has 1 saturated heterocycles. The zero-order valence-electron chi connectivity index (χ0n) is 14.7. The fourth-order valence-electron chi connectivity index (χ4n) is 3.10. The molecule has 0 bridgehead atoms. The standard InChI is InChI=1S/C18H20BrFN2O3S2/c1-12(13-4-6-15(20)7-5-13)21-18(23)14-3-2-10-22(11-14)27(24,25)17-9-8-16(19)26-17/h4-9,12,14H,2-3,10-11H2,1H3,(H,21,23). The Kier molecular flexibility index (Phi) is 6.35. The third kappa shape index (κ3) is 4.77. The van der Waals surface area contributed by atoms with Gasteiger partial charge >= 0.3 is 0 Å². The van der Waals surface area contributed by atoms with Crippen molar-refractivity contribution in [3.8, 4) is 0 Å². The third-order valence-corrected chi connectivity index (χ3v) is 8.58. The Hall–Kier alpha value is -1.29. The molecular formula is C18H20BrFN2O3S2. The topological polar surface area (TPSA) is 66.5 Å². The smallest absolute Gasteiger partial charge is 0.252 e. The van der Waals surface area contributed by atoms with Gasteiger partial charge in [-0.05, 0) is 65.5 Å². The van der Waals surface area contributed by atoms with Crippen molar-refractivity contribution in [1.29, 1.82) is 0 Å². The van der Waals surface area contributed by atoms with Gasteiger partial charge in [0.2, 0.25) is 5.91 Å². The van der Waals surface area contributed by atoms with Crippen molar-refractivity contribution < 1.29 is 17.6 Å². The molecular weight excluding hydrogens is 455 g/mol. The first-order valence-corrected chi connectivity index (χ1v) is 11.6. The molecule has 1 N–H and O–H groups in total. The molecule has 2 aromatic rings. The quantitative estimate of drug-likeness (QED) is 0.713. The summed E-state index contributed by atoms with van der Waals surface area (Å²) in [5, 5.41) is 2.91. The first-order chi connectivity index (χ1) is 12.8. The molecule has 0 radical (unpaired) electrons. The number of nitrogens with zero attached hydrogens (tertiary/aromatic N) is 1. The van der Waals surface area contributed by atoms with Crippen LogP contribution in [0, 0.1) is 11.7 Å². The Balaban J connectivity index is 1.66. The molecule has 1 aliphatic rings. The zero-order valence-corrected chi connectivity index (χ0v) is 17.9. The fraction of sp³-hybridized carbons (Fsp3) is 0.389. The Morgan fingerprint density at radius 1 is 1.30 bits per heavy atom. The Morgan fingerprint density at radius 2 is 2.00 bits per heavy atom. The van der Waals surface area contributed by atoms with E-state index >= 15 is 0 Å². The summed E-state index contributed by atoms with van der Waals surface area (Å²) < 4.78 is 41.0. The lowest BCUT2D eigenvalue weighted by Crippen LogP contribution is -2.45. The molecule has 27 heavy (non-hydrogen) atoms. The lowest BCUT2D eigenvalue weighted by molar-refractivity contribution is -0.126. The van der Waals surface area contributed by atoms with Gasteiger partial charge in [-0.3, -0.25) is 4.79 Å². The van der Waals surface area contributed by atoms with E-state index in [0.29, 0.717) is 19.4 Å². The van der Waals surface area contributed by atoms with Gasteiger partial charge in [-0.25, -0.2) is 12.8 Å². The van der Waals surface area contributed by atoms with Gasteiger partial charge in [0.1, 0.15) is 10.0 Å². The van der Waals surface area contributed by atoms with Gasteiger partial charge in [0.15, 0.2) is 0 Å². The van der Waals surface area contributed by atoms with Crippen LogP contribution in [0.4, 0.5) is 4.39 Å². The second-order valence-electron chi connectivity index (χ2n) is 6.54. The molecule has 0 aliphatic carbocycles. The minimum atomic E-state index is -3.59. The molecule has 5 nitrogen and oxygen atoms in total. The van der Waals surface area contributed by atoms with Crippen molar-refractivity contribution in [2.24, 2.45) is 5.92 Å². The number of benzene rings is 1. The molecule has 146 valence electrons. The van der Waals surface area contributed by atoms with E-state index in [1.165, 1.54) is 16.4 Å². The number of amides is 1. The van der Waals surface area contributed by atoms with Crippen molar-refractivity contribution in [1.82, 2.24) is 9.62 Å². The van der Waals surface area contributed by atoms with Gasteiger partial charge in [-0.2, -0.15) is 4.31 Å². The Labute approximate surface area is 170 Å². The van der Waals surface area contributed by atoms with Crippen molar-refractivity contribution >= 4 is 43.2 Å². The van der Waals surface area contributed by atoms with Gasteiger partial charge in [0.25, 0.3) is 10.0 Å². The van der Waals surface area contributed by atoms with Crippen LogP contribution in [-0.4, -0.2) is 31.7 Å². The summed E-state index contributed by atoms with van der Waals surface area (Å²) >= 11 is 4.45. The summed E-state index contributed by atoms with van der Waals surface area (Å²) in [5.41, 5.74) is 0.800. The summed E-state index contributed by atoms with van der Waals surface area (Å²) in [6.07, 6.45) is 1.27. The Morgan fingerprint density at radius 3 is 2.63 bits per heavy atom. The Bertz CT molecular complexity index is 915. The van der Waals surface area contributed by atoms with Crippen LogP contribution >= 0.6 is 27.3 Å². The van der Waals surface area contributed by atoms with Crippen LogP contribution in [-0.2, 0) is 14.8 Å². The third-order valence-electron chi connectivity index (χ3n) is 4.63. The van der Waals surface area contributed by atoms with E-state index in [4.69, 9.17) is 0 Å². The lowest BCUT2D eigenvalue weighted by Gasteiger charge is -2.31. The van der Waals surface area contributed by atoms with Gasteiger partial charge < -0.3 is 5.32 Å². The number of piperidine rings is 1. The number of nitrogens with one attached hydrogen (secondary N) is 1. The van der Waals surface area contributed by atoms with Gasteiger partial charge in [-0.1, -0.05) is 12.1 Å². The maximum Gasteiger partial charge on any atom is 0.252 e. The predicted molar refractivity (Wildman–Crippen MR) is 106 cm³/mol. The highest BCUT2D eigenvalue weighted by atomic mass is 79.9. The molecule has 0 spiro atoms. The van der Waals surface area contributed by atoms with Crippen LogP contribution in [0.5, 0.6) is 0 Å². The lowest BCUT2D eigenvalue weighted by atomic mass is 9.98. The summed E-state index contributed by atoms with van der Waals surface area (Å²) in [5.74, 6) is -0.912. The summed E-state index contributed by atoms with van der Waals surface area (Å²) in [6, 6.07) is 8.97. The van der Waals surface area contributed by atoms with Crippen LogP contribution in [0.25, 0.3) is 0 Å². The number of halogens is 2. The first kappa shape index (κ1) is 20.4. The molecule has 1 aromatic carbocycles. The van der Waals surface area contributed by atoms with Gasteiger partial charge in [-0.15, -0.1) is 11.3 Å². The summed E-state index contributed by atoms with van der Waals surface area (Å²) in [4.78, 5) is 12.7. The molecule has 1 aliphatic heterocycles. The summed E-state index contributed by atoms with van der Waals surface area (Å²) in [7, 11) is -3.59. The normalized spacial score (nSPS) is 19.6. The van der Waals surface area contributed by atoms with E-state index in [2.05, 4.69) is 21.2 Å². The maximum atomic E-state index is 13.0. The average molecular weight is 475 g/mol. The van der Waals surface area contributed by atoms with Crippen LogP contribution in [0.3, 0.4) is 0 Å². The van der Waals surface area contributed by atoms with E-state index in [-0.39, 0.29) is 28.5 Å². The molecule has 1 aromatic heterocycles. The van der Waals surface area contributed by atoms with Crippen LogP contribution in [0.15, 0.2) is 44.4 Å². The number of carbonyl (C=O) groups is 1. The van der Waals surface area contributed by atoms with E-state index in [1.807, 2.05) is 6.92 Å². The van der Waals surface area contributed by atoms with E-state index in [1.54, 1.807) is 24.3 Å². The molecule has 2 atom stereocenters. The SMILES string of the molecule is CC(NC(=O)C1CCCN(S(=O)(=O)c2ccc(Br)s2)C1)c1ccc(F)cc1. The highest BCUT2D eigenvalue weighted by Crippen LogP contribution is 2.31. The van der Waals surface area contributed by atoms with Crippen molar-refractivity contribution in [3.05, 3.63) is 51.6 Å². The van der Waals surface area contributed by atoms with Crippen molar-refractivity contribution in [2.75, 3.05) is 13.1 Å². The van der Waals surface area contributed by atoms with E-state index in [0.717, 1.165) is 20.7 Å². The number of sulfonamides is 1.